The van der Waals surface area contributed by atoms with E-state index in [9.17, 15) is 17.2 Å². The van der Waals surface area contributed by atoms with Crippen molar-refractivity contribution in [3.63, 3.8) is 0 Å². The molecule has 2 aromatic heterocycles. The lowest BCUT2D eigenvalue weighted by Crippen LogP contribution is -2.35. The minimum absolute atomic E-state index is 0.0529. The molecule has 1 aliphatic rings. The number of fused-ring (bicyclic) bond motifs is 1. The number of nitrogens with zero attached hydrogens (tertiary/aromatic N) is 2. The summed E-state index contributed by atoms with van der Waals surface area (Å²) in [7, 11) is -1.92. The summed E-state index contributed by atoms with van der Waals surface area (Å²) < 4.78 is 53.2. The molecule has 1 N–H and O–H groups in total. The first-order valence-electron chi connectivity index (χ1n) is 9.22. The number of aromatic nitrogens is 2. The zero-order chi connectivity index (χ0) is 19.9. The van der Waals surface area contributed by atoms with Crippen LogP contribution in [0.5, 0.6) is 0 Å². The molecule has 4 rings (SSSR count). The summed E-state index contributed by atoms with van der Waals surface area (Å²) >= 11 is 0. The summed E-state index contributed by atoms with van der Waals surface area (Å²) in [5.74, 6) is 0. The highest BCUT2D eigenvalue weighted by Crippen LogP contribution is 2.32. The molecule has 0 spiro atoms. The molecule has 148 valence electrons. The van der Waals surface area contributed by atoms with Gasteiger partial charge in [0.1, 0.15) is 5.65 Å². The Morgan fingerprint density at radius 1 is 1.14 bits per heavy atom. The Labute approximate surface area is 162 Å². The lowest BCUT2D eigenvalue weighted by atomic mass is 10.0. The number of alkyl halides is 2. The molecule has 28 heavy (non-hydrogen) atoms. The van der Waals surface area contributed by atoms with Gasteiger partial charge in [0.15, 0.2) is 0 Å². The first-order chi connectivity index (χ1) is 13.4. The molecule has 5 nitrogen and oxygen atoms in total. The van der Waals surface area contributed by atoms with Crippen molar-refractivity contribution in [3.05, 3.63) is 48.3 Å². The molecule has 1 aliphatic carbocycles. The van der Waals surface area contributed by atoms with E-state index < -0.39 is 16.4 Å². The number of pyridine rings is 1. The second kappa shape index (κ2) is 7.25. The molecule has 8 heteroatoms. The molecule has 0 amide bonds. The Balaban J connectivity index is 1.68. The zero-order valence-electron chi connectivity index (χ0n) is 15.4. The third-order valence-corrected chi connectivity index (χ3v) is 7.39. The summed E-state index contributed by atoms with van der Waals surface area (Å²) in [4.78, 5) is 6.96. The van der Waals surface area contributed by atoms with Crippen molar-refractivity contribution < 1.29 is 17.2 Å². The van der Waals surface area contributed by atoms with Crippen molar-refractivity contribution in [3.8, 4) is 11.1 Å². The average molecular weight is 405 g/mol. The minimum atomic E-state index is -3.56. The van der Waals surface area contributed by atoms with Crippen molar-refractivity contribution in [1.82, 2.24) is 14.3 Å². The molecule has 0 atom stereocenters. The fraction of sp³-hybridized carbons (Fsp3) is 0.350. The first-order valence-corrected chi connectivity index (χ1v) is 10.7. The van der Waals surface area contributed by atoms with Gasteiger partial charge in [0.05, 0.1) is 10.6 Å². The van der Waals surface area contributed by atoms with Gasteiger partial charge in [-0.3, -0.25) is 0 Å². The van der Waals surface area contributed by atoms with Gasteiger partial charge in [0, 0.05) is 24.7 Å². The van der Waals surface area contributed by atoms with Gasteiger partial charge in [-0.1, -0.05) is 25.0 Å². The topological polar surface area (TPSA) is 66.1 Å². The molecule has 1 aromatic carbocycles. The number of rotatable bonds is 5. The van der Waals surface area contributed by atoms with E-state index in [1.54, 1.807) is 43.6 Å². The molecule has 0 radical (unpaired) electrons. The largest absolute Gasteiger partial charge is 0.338 e. The van der Waals surface area contributed by atoms with Crippen LogP contribution in [0.1, 0.15) is 37.8 Å². The molecule has 0 bridgehead atoms. The van der Waals surface area contributed by atoms with Gasteiger partial charge in [-0.05, 0) is 48.2 Å². The third kappa shape index (κ3) is 3.31. The lowest BCUT2D eigenvalue weighted by molar-refractivity contribution is 0.147. The van der Waals surface area contributed by atoms with Crippen LogP contribution in [0, 0.1) is 0 Å². The second-order valence-corrected chi connectivity index (χ2v) is 9.13. The van der Waals surface area contributed by atoms with Gasteiger partial charge in [-0.25, -0.2) is 22.2 Å². The van der Waals surface area contributed by atoms with E-state index >= 15 is 0 Å². The van der Waals surface area contributed by atoms with Crippen LogP contribution in [0.4, 0.5) is 8.78 Å². The predicted molar refractivity (Wildman–Crippen MR) is 104 cm³/mol. The zero-order valence-corrected chi connectivity index (χ0v) is 16.2. The normalized spacial score (nSPS) is 15.9. The quantitative estimate of drug-likeness (QED) is 0.667. The average Bonchev–Trinajstić information content (AvgIpc) is 3.37. The first kappa shape index (κ1) is 19.0. The van der Waals surface area contributed by atoms with E-state index in [0.29, 0.717) is 11.0 Å². The van der Waals surface area contributed by atoms with E-state index in [1.807, 2.05) is 0 Å². The molecule has 3 aromatic rings. The molecular weight excluding hydrogens is 384 g/mol. The Morgan fingerprint density at radius 2 is 1.82 bits per heavy atom. The van der Waals surface area contributed by atoms with Gasteiger partial charge >= 0.3 is 0 Å². The number of benzene rings is 1. The molecule has 1 fully saturated rings. The SMILES string of the molecule is CN(C1CCCC1)S(=O)(=O)c1ccc(-c2ccnc3[nH]c(C(F)F)cc23)cc1. The standard InChI is InChI=1S/C20H21F2N3O2S/c1-25(14-4-2-3-5-14)28(26,27)15-8-6-13(7-9-15)16-10-11-23-20-17(16)12-18(24-20)19(21)22/h6-12,14,19H,2-5H2,1H3,(H,23,24). The van der Waals surface area contributed by atoms with Crippen molar-refractivity contribution in [2.75, 3.05) is 7.05 Å². The highest BCUT2D eigenvalue weighted by molar-refractivity contribution is 7.89. The van der Waals surface area contributed by atoms with Crippen LogP contribution in [0.25, 0.3) is 22.2 Å². The maximum Gasteiger partial charge on any atom is 0.278 e. The van der Waals surface area contributed by atoms with Gasteiger partial charge in [0.2, 0.25) is 10.0 Å². The highest BCUT2D eigenvalue weighted by atomic mass is 32.2. The van der Waals surface area contributed by atoms with E-state index in [0.717, 1.165) is 36.8 Å². The van der Waals surface area contributed by atoms with Crippen LogP contribution in [-0.4, -0.2) is 35.8 Å². The molecular formula is C20H21F2N3O2S. The lowest BCUT2D eigenvalue weighted by Gasteiger charge is -2.23. The monoisotopic (exact) mass is 405 g/mol. The molecule has 0 saturated heterocycles. The van der Waals surface area contributed by atoms with Crippen LogP contribution in [0.3, 0.4) is 0 Å². The third-order valence-electron chi connectivity index (χ3n) is 5.47. The smallest absolute Gasteiger partial charge is 0.278 e. The van der Waals surface area contributed by atoms with Crippen molar-refractivity contribution in [2.45, 2.75) is 43.0 Å². The Hall–Kier alpha value is -2.32. The van der Waals surface area contributed by atoms with E-state index in [-0.39, 0.29) is 16.6 Å². The number of halogens is 2. The van der Waals surface area contributed by atoms with Gasteiger partial charge in [0.25, 0.3) is 6.43 Å². The van der Waals surface area contributed by atoms with Crippen molar-refractivity contribution in [2.24, 2.45) is 0 Å². The maximum atomic E-state index is 13.0. The van der Waals surface area contributed by atoms with Crippen LogP contribution in [0.2, 0.25) is 0 Å². The van der Waals surface area contributed by atoms with Crippen LogP contribution in [0.15, 0.2) is 47.5 Å². The summed E-state index contributed by atoms with van der Waals surface area (Å²) in [6.45, 7) is 0. The van der Waals surface area contributed by atoms with Crippen LogP contribution >= 0.6 is 0 Å². The summed E-state index contributed by atoms with van der Waals surface area (Å²) in [5.41, 5.74) is 1.66. The van der Waals surface area contributed by atoms with Gasteiger partial charge in [-0.2, -0.15) is 4.31 Å². The molecule has 0 unspecified atom stereocenters. The summed E-state index contributed by atoms with van der Waals surface area (Å²) in [6.07, 6.45) is 2.83. The number of H-pyrrole nitrogens is 1. The number of nitrogens with one attached hydrogen (secondary N) is 1. The molecule has 2 heterocycles. The number of hydrogen-bond acceptors (Lipinski definition) is 3. The molecule has 1 saturated carbocycles. The Morgan fingerprint density at radius 3 is 2.46 bits per heavy atom. The summed E-state index contributed by atoms with van der Waals surface area (Å²) in [6, 6.07) is 9.74. The van der Waals surface area contributed by atoms with Crippen LogP contribution in [-0.2, 0) is 10.0 Å². The fourth-order valence-corrected chi connectivity index (χ4v) is 5.27. The Kier molecular flexibility index (Phi) is 4.93. The number of sulfonamides is 1. The van der Waals surface area contributed by atoms with Crippen molar-refractivity contribution in [1.29, 1.82) is 0 Å². The second-order valence-electron chi connectivity index (χ2n) is 7.13. The van der Waals surface area contributed by atoms with Gasteiger partial charge < -0.3 is 4.98 Å². The predicted octanol–water partition coefficient (Wildman–Crippen LogP) is 4.73. The fourth-order valence-electron chi connectivity index (χ4n) is 3.85. The van der Waals surface area contributed by atoms with Crippen molar-refractivity contribution >= 4 is 21.1 Å². The minimum Gasteiger partial charge on any atom is -0.338 e. The van der Waals surface area contributed by atoms with E-state index in [2.05, 4.69) is 9.97 Å². The highest BCUT2D eigenvalue weighted by Gasteiger charge is 2.30. The number of hydrogen-bond donors (Lipinski definition) is 1. The maximum absolute atomic E-state index is 13.0. The number of aromatic amines is 1. The Bertz CT molecular complexity index is 1090. The molecule has 0 aliphatic heterocycles. The summed E-state index contributed by atoms with van der Waals surface area (Å²) in [5, 5.41) is 0.580. The van der Waals surface area contributed by atoms with Crippen LogP contribution < -0.4 is 0 Å². The van der Waals surface area contributed by atoms with E-state index in [4.69, 9.17) is 0 Å². The van der Waals surface area contributed by atoms with E-state index in [1.165, 1.54) is 10.4 Å². The van der Waals surface area contributed by atoms with Gasteiger partial charge in [-0.15, -0.1) is 0 Å².